The molecule has 0 bridgehead atoms. The molecule has 3 rings (SSSR count). The van der Waals surface area contributed by atoms with Gasteiger partial charge < -0.3 is 5.32 Å². The second kappa shape index (κ2) is 8.71. The van der Waals surface area contributed by atoms with Gasteiger partial charge >= 0.3 is 0 Å². The third kappa shape index (κ3) is 4.47. The first-order valence-electron chi connectivity index (χ1n) is 9.47. The third-order valence-electron chi connectivity index (χ3n) is 4.84. The summed E-state index contributed by atoms with van der Waals surface area (Å²) in [6, 6.07) is 7.67. The number of aromatic nitrogens is 2. The maximum absolute atomic E-state index is 13.0. The summed E-state index contributed by atoms with van der Waals surface area (Å²) in [4.78, 5) is 29.9. The minimum absolute atomic E-state index is 0.00368. The van der Waals surface area contributed by atoms with E-state index in [4.69, 9.17) is 4.98 Å². The number of thioether (sulfide) groups is 1. The maximum Gasteiger partial charge on any atom is 0.262 e. The van der Waals surface area contributed by atoms with Crippen LogP contribution >= 0.6 is 11.8 Å². The van der Waals surface area contributed by atoms with E-state index in [2.05, 4.69) is 19.2 Å². The standard InChI is InChI=1S/C20H27N3O2S/c1-14(2)11-12-21-18(24)13-26-20-22-17-10-6-5-9-16(17)19(25)23(20)15-7-3-4-8-15/h5-6,9-10,14-15H,3-4,7-8,11-13H2,1-2H3,(H,21,24). The molecule has 0 saturated heterocycles. The second-order valence-electron chi connectivity index (χ2n) is 7.35. The fraction of sp³-hybridized carbons (Fsp3) is 0.550. The minimum Gasteiger partial charge on any atom is -0.355 e. The first-order valence-corrected chi connectivity index (χ1v) is 10.5. The number of carbonyl (C=O) groups is 1. The number of rotatable bonds is 7. The quantitative estimate of drug-likeness (QED) is 0.593. The molecule has 6 heteroatoms. The van der Waals surface area contributed by atoms with Gasteiger partial charge in [-0.2, -0.15) is 0 Å². The lowest BCUT2D eigenvalue weighted by Gasteiger charge is -2.18. The lowest BCUT2D eigenvalue weighted by Crippen LogP contribution is -2.29. The lowest BCUT2D eigenvalue weighted by molar-refractivity contribution is -0.118. The summed E-state index contributed by atoms with van der Waals surface area (Å²) in [6.07, 6.45) is 5.27. The van der Waals surface area contributed by atoms with Crippen molar-refractivity contribution in [2.24, 2.45) is 5.92 Å². The number of carbonyl (C=O) groups excluding carboxylic acids is 1. The molecule has 0 atom stereocenters. The topological polar surface area (TPSA) is 64.0 Å². The van der Waals surface area contributed by atoms with E-state index in [1.807, 2.05) is 28.8 Å². The van der Waals surface area contributed by atoms with Crippen LogP contribution in [0.1, 0.15) is 52.0 Å². The number of hydrogen-bond acceptors (Lipinski definition) is 4. The van der Waals surface area contributed by atoms with Crippen LogP contribution in [0.15, 0.2) is 34.2 Å². The average molecular weight is 374 g/mol. The molecule has 1 amide bonds. The van der Waals surface area contributed by atoms with E-state index in [-0.39, 0.29) is 23.3 Å². The number of fused-ring (bicyclic) bond motifs is 1. The smallest absolute Gasteiger partial charge is 0.262 e. The zero-order valence-electron chi connectivity index (χ0n) is 15.5. The van der Waals surface area contributed by atoms with Crippen LogP contribution in [0.3, 0.4) is 0 Å². The summed E-state index contributed by atoms with van der Waals surface area (Å²) >= 11 is 1.37. The molecular weight excluding hydrogens is 346 g/mol. The molecule has 1 aromatic heterocycles. The highest BCUT2D eigenvalue weighted by Crippen LogP contribution is 2.32. The molecule has 1 N–H and O–H groups in total. The SMILES string of the molecule is CC(C)CCNC(=O)CSc1nc2ccccc2c(=O)n1C1CCCC1. The zero-order valence-corrected chi connectivity index (χ0v) is 16.3. The Hall–Kier alpha value is -1.82. The Bertz CT molecular complexity index is 825. The molecule has 1 aliphatic rings. The molecule has 5 nitrogen and oxygen atoms in total. The van der Waals surface area contributed by atoms with Crippen LogP contribution in [0.2, 0.25) is 0 Å². The van der Waals surface area contributed by atoms with Crippen molar-refractivity contribution in [1.29, 1.82) is 0 Å². The van der Waals surface area contributed by atoms with E-state index in [1.165, 1.54) is 11.8 Å². The molecular formula is C20H27N3O2S. The van der Waals surface area contributed by atoms with Gasteiger partial charge in [-0.05, 0) is 37.3 Å². The highest BCUT2D eigenvalue weighted by molar-refractivity contribution is 7.99. The van der Waals surface area contributed by atoms with Gasteiger partial charge in [-0.1, -0.05) is 50.6 Å². The molecule has 0 unspecified atom stereocenters. The fourth-order valence-electron chi connectivity index (χ4n) is 3.39. The van der Waals surface area contributed by atoms with Crippen molar-refractivity contribution in [3.63, 3.8) is 0 Å². The van der Waals surface area contributed by atoms with E-state index in [9.17, 15) is 9.59 Å². The summed E-state index contributed by atoms with van der Waals surface area (Å²) < 4.78 is 1.83. The Kier molecular flexibility index (Phi) is 6.35. The average Bonchev–Trinajstić information content (AvgIpc) is 3.14. The van der Waals surface area contributed by atoms with Gasteiger partial charge in [0.2, 0.25) is 5.91 Å². The zero-order chi connectivity index (χ0) is 18.5. The molecule has 1 aromatic carbocycles. The van der Waals surface area contributed by atoms with E-state index in [0.29, 0.717) is 28.5 Å². The largest absolute Gasteiger partial charge is 0.355 e. The molecule has 1 aliphatic carbocycles. The number of nitrogens with one attached hydrogen (secondary N) is 1. The van der Waals surface area contributed by atoms with Gasteiger partial charge in [0, 0.05) is 12.6 Å². The van der Waals surface area contributed by atoms with Gasteiger partial charge in [-0.15, -0.1) is 0 Å². The number of para-hydroxylation sites is 1. The van der Waals surface area contributed by atoms with Crippen molar-refractivity contribution in [3.05, 3.63) is 34.6 Å². The highest BCUT2D eigenvalue weighted by atomic mass is 32.2. The fourth-order valence-corrected chi connectivity index (χ4v) is 4.29. The van der Waals surface area contributed by atoms with E-state index in [0.717, 1.165) is 32.1 Å². The molecule has 26 heavy (non-hydrogen) atoms. The maximum atomic E-state index is 13.0. The minimum atomic E-state index is -0.00368. The molecule has 1 heterocycles. The molecule has 0 spiro atoms. The number of nitrogens with zero attached hydrogens (tertiary/aromatic N) is 2. The Labute approximate surface area is 158 Å². The third-order valence-corrected chi connectivity index (χ3v) is 5.79. The summed E-state index contributed by atoms with van der Waals surface area (Å²) in [6.45, 7) is 4.97. The number of amides is 1. The molecule has 0 aliphatic heterocycles. The Morgan fingerprint density at radius 1 is 1.31 bits per heavy atom. The van der Waals surface area contributed by atoms with Crippen LogP contribution in [0.5, 0.6) is 0 Å². The normalized spacial score (nSPS) is 15.0. The van der Waals surface area contributed by atoms with E-state index >= 15 is 0 Å². The van der Waals surface area contributed by atoms with Crippen molar-refractivity contribution in [2.45, 2.75) is 57.1 Å². The van der Waals surface area contributed by atoms with E-state index < -0.39 is 0 Å². The van der Waals surface area contributed by atoms with Crippen molar-refractivity contribution in [1.82, 2.24) is 14.9 Å². The molecule has 1 fully saturated rings. The Morgan fingerprint density at radius 3 is 2.77 bits per heavy atom. The number of benzene rings is 1. The van der Waals surface area contributed by atoms with Crippen LogP contribution < -0.4 is 10.9 Å². The van der Waals surface area contributed by atoms with Crippen molar-refractivity contribution < 1.29 is 4.79 Å². The highest BCUT2D eigenvalue weighted by Gasteiger charge is 2.23. The summed E-state index contributed by atoms with van der Waals surface area (Å²) in [5, 5.41) is 4.27. The Morgan fingerprint density at radius 2 is 2.04 bits per heavy atom. The summed E-state index contributed by atoms with van der Waals surface area (Å²) in [5.74, 6) is 0.851. The van der Waals surface area contributed by atoms with Crippen LogP contribution in [-0.4, -0.2) is 27.8 Å². The summed E-state index contributed by atoms with van der Waals surface area (Å²) in [5.41, 5.74) is 0.722. The van der Waals surface area contributed by atoms with Crippen LogP contribution in [0.25, 0.3) is 10.9 Å². The monoisotopic (exact) mass is 373 g/mol. The van der Waals surface area contributed by atoms with Gasteiger partial charge in [-0.25, -0.2) is 4.98 Å². The molecule has 1 saturated carbocycles. The van der Waals surface area contributed by atoms with Gasteiger partial charge in [-0.3, -0.25) is 14.2 Å². The predicted molar refractivity (Wildman–Crippen MR) is 107 cm³/mol. The second-order valence-corrected chi connectivity index (χ2v) is 8.29. The van der Waals surface area contributed by atoms with Crippen molar-refractivity contribution >= 4 is 28.6 Å². The molecule has 2 aromatic rings. The van der Waals surface area contributed by atoms with Gasteiger partial charge in [0.15, 0.2) is 5.16 Å². The number of hydrogen-bond donors (Lipinski definition) is 1. The van der Waals surface area contributed by atoms with E-state index in [1.54, 1.807) is 0 Å². The van der Waals surface area contributed by atoms with Gasteiger partial charge in [0.25, 0.3) is 5.56 Å². The first kappa shape index (κ1) is 19.0. The predicted octanol–water partition coefficient (Wildman–Crippen LogP) is 3.77. The van der Waals surface area contributed by atoms with Crippen molar-refractivity contribution in [3.8, 4) is 0 Å². The summed E-state index contributed by atoms with van der Waals surface area (Å²) in [7, 11) is 0. The van der Waals surface area contributed by atoms with Crippen molar-refractivity contribution in [2.75, 3.05) is 12.3 Å². The lowest BCUT2D eigenvalue weighted by atomic mass is 10.1. The van der Waals surface area contributed by atoms with Crippen LogP contribution in [0.4, 0.5) is 0 Å². The Balaban J connectivity index is 1.81. The van der Waals surface area contributed by atoms with Crippen LogP contribution in [-0.2, 0) is 4.79 Å². The molecule has 0 radical (unpaired) electrons. The van der Waals surface area contributed by atoms with Crippen LogP contribution in [0, 0.1) is 5.92 Å². The molecule has 140 valence electrons. The first-order chi connectivity index (χ1) is 12.6. The van der Waals surface area contributed by atoms with Gasteiger partial charge in [0.05, 0.1) is 16.7 Å². The van der Waals surface area contributed by atoms with Gasteiger partial charge in [0.1, 0.15) is 0 Å².